The lowest BCUT2D eigenvalue weighted by molar-refractivity contribution is -0.122. The summed E-state index contributed by atoms with van der Waals surface area (Å²) < 4.78 is 0. The Balaban J connectivity index is 1.50. The van der Waals surface area contributed by atoms with Crippen LogP contribution in [0.2, 0.25) is 0 Å². The molecule has 1 atom stereocenters. The van der Waals surface area contributed by atoms with Gasteiger partial charge in [0.1, 0.15) is 0 Å². The molecule has 19 heavy (non-hydrogen) atoms. The fourth-order valence-electron chi connectivity index (χ4n) is 2.16. The number of hydrogen-bond donors (Lipinski definition) is 2. The summed E-state index contributed by atoms with van der Waals surface area (Å²) in [6.07, 6.45) is 3.28. The summed E-state index contributed by atoms with van der Waals surface area (Å²) in [5, 5.41) is 6.35. The molecule has 0 aromatic heterocycles. The molecular weight excluding hydrogens is 236 g/mol. The lowest BCUT2D eigenvalue weighted by Gasteiger charge is -2.12. The fourth-order valence-corrected chi connectivity index (χ4v) is 2.16. The molecule has 1 amide bonds. The lowest BCUT2D eigenvalue weighted by atomic mass is 9.98. The first-order chi connectivity index (χ1) is 9.27. The highest BCUT2D eigenvalue weighted by molar-refractivity contribution is 5.80. The molecule has 1 aliphatic carbocycles. The van der Waals surface area contributed by atoms with Crippen LogP contribution in [0.4, 0.5) is 0 Å². The van der Waals surface area contributed by atoms with Crippen molar-refractivity contribution >= 4 is 5.91 Å². The van der Waals surface area contributed by atoms with Crippen molar-refractivity contribution in [3.05, 3.63) is 35.9 Å². The van der Waals surface area contributed by atoms with E-state index < -0.39 is 0 Å². The van der Waals surface area contributed by atoms with Gasteiger partial charge >= 0.3 is 0 Å². The Morgan fingerprint density at radius 3 is 2.63 bits per heavy atom. The molecule has 0 spiro atoms. The van der Waals surface area contributed by atoms with E-state index in [2.05, 4.69) is 47.9 Å². The fraction of sp³-hybridized carbons (Fsp3) is 0.562. The zero-order chi connectivity index (χ0) is 13.5. The predicted molar refractivity (Wildman–Crippen MR) is 78.1 cm³/mol. The number of carbonyl (C=O) groups is 1. The average molecular weight is 260 g/mol. The number of rotatable bonds is 8. The van der Waals surface area contributed by atoms with E-state index in [1.54, 1.807) is 0 Å². The number of amides is 1. The summed E-state index contributed by atoms with van der Waals surface area (Å²) in [4.78, 5) is 11.4. The molecule has 1 unspecified atom stereocenters. The van der Waals surface area contributed by atoms with Crippen molar-refractivity contribution in [3.63, 3.8) is 0 Å². The van der Waals surface area contributed by atoms with Crippen molar-refractivity contribution in [2.45, 2.75) is 32.1 Å². The van der Waals surface area contributed by atoms with E-state index in [4.69, 9.17) is 0 Å². The normalized spacial score (nSPS) is 16.1. The molecule has 1 fully saturated rings. The first-order valence-corrected chi connectivity index (χ1v) is 7.30. The van der Waals surface area contributed by atoms with E-state index in [9.17, 15) is 4.79 Å². The van der Waals surface area contributed by atoms with Crippen LogP contribution in [-0.4, -0.2) is 25.5 Å². The molecule has 1 saturated carbocycles. The standard InChI is InChI=1S/C16H24N2O/c1-13(14-5-3-2-4-6-14)9-10-17-11-12-18-16(19)15-7-8-15/h2-6,13,15,17H,7-12H2,1H3,(H,18,19). The van der Waals surface area contributed by atoms with Gasteiger partial charge in [0.25, 0.3) is 0 Å². The van der Waals surface area contributed by atoms with Gasteiger partial charge in [0.2, 0.25) is 5.91 Å². The minimum absolute atomic E-state index is 0.236. The van der Waals surface area contributed by atoms with Crippen molar-refractivity contribution in [2.75, 3.05) is 19.6 Å². The zero-order valence-corrected chi connectivity index (χ0v) is 11.7. The summed E-state index contributed by atoms with van der Waals surface area (Å²) in [7, 11) is 0. The van der Waals surface area contributed by atoms with E-state index in [1.807, 2.05) is 0 Å². The quantitative estimate of drug-likeness (QED) is 0.704. The summed E-state index contributed by atoms with van der Waals surface area (Å²) in [6.45, 7) is 4.86. The number of carbonyl (C=O) groups excluding carboxylic acids is 1. The molecule has 0 radical (unpaired) electrons. The highest BCUT2D eigenvalue weighted by Gasteiger charge is 2.28. The third-order valence-corrected chi connectivity index (χ3v) is 3.67. The van der Waals surface area contributed by atoms with Crippen LogP contribution in [0.5, 0.6) is 0 Å². The monoisotopic (exact) mass is 260 g/mol. The van der Waals surface area contributed by atoms with Gasteiger partial charge in [-0.15, -0.1) is 0 Å². The van der Waals surface area contributed by atoms with Crippen molar-refractivity contribution in [3.8, 4) is 0 Å². The van der Waals surface area contributed by atoms with Crippen LogP contribution in [0, 0.1) is 5.92 Å². The highest BCUT2D eigenvalue weighted by atomic mass is 16.2. The SMILES string of the molecule is CC(CCNCCNC(=O)C1CC1)c1ccccc1. The van der Waals surface area contributed by atoms with Gasteiger partial charge in [0.05, 0.1) is 0 Å². The van der Waals surface area contributed by atoms with Gasteiger partial charge < -0.3 is 10.6 Å². The molecule has 1 aromatic rings. The first kappa shape index (κ1) is 14.1. The Hall–Kier alpha value is -1.35. The molecule has 2 N–H and O–H groups in total. The molecular formula is C16H24N2O. The van der Waals surface area contributed by atoms with Crippen molar-refractivity contribution in [2.24, 2.45) is 5.92 Å². The van der Waals surface area contributed by atoms with Gasteiger partial charge in [-0.3, -0.25) is 4.79 Å². The smallest absolute Gasteiger partial charge is 0.223 e. The zero-order valence-electron chi connectivity index (χ0n) is 11.7. The highest BCUT2D eigenvalue weighted by Crippen LogP contribution is 2.28. The largest absolute Gasteiger partial charge is 0.355 e. The van der Waals surface area contributed by atoms with Gasteiger partial charge in [-0.2, -0.15) is 0 Å². The molecule has 0 saturated heterocycles. The second-order valence-electron chi connectivity index (χ2n) is 5.42. The van der Waals surface area contributed by atoms with Gasteiger partial charge in [-0.25, -0.2) is 0 Å². The Bertz CT molecular complexity index is 387. The number of hydrogen-bond acceptors (Lipinski definition) is 2. The second kappa shape index (κ2) is 7.29. The summed E-state index contributed by atoms with van der Waals surface area (Å²) in [6, 6.07) is 10.6. The van der Waals surface area contributed by atoms with Gasteiger partial charge in [0, 0.05) is 19.0 Å². The maximum atomic E-state index is 11.4. The Kier molecular flexibility index (Phi) is 5.40. The van der Waals surface area contributed by atoms with Crippen LogP contribution in [0.15, 0.2) is 30.3 Å². The summed E-state index contributed by atoms with van der Waals surface area (Å²) in [5.74, 6) is 1.13. The van der Waals surface area contributed by atoms with Crippen molar-refractivity contribution in [1.29, 1.82) is 0 Å². The lowest BCUT2D eigenvalue weighted by Crippen LogP contribution is -2.33. The van der Waals surface area contributed by atoms with E-state index in [0.29, 0.717) is 11.8 Å². The molecule has 0 aliphatic heterocycles. The van der Waals surface area contributed by atoms with Gasteiger partial charge in [-0.1, -0.05) is 37.3 Å². The minimum Gasteiger partial charge on any atom is -0.355 e. The maximum Gasteiger partial charge on any atom is 0.223 e. The topological polar surface area (TPSA) is 41.1 Å². The Morgan fingerprint density at radius 1 is 1.21 bits per heavy atom. The number of benzene rings is 1. The van der Waals surface area contributed by atoms with Gasteiger partial charge in [-0.05, 0) is 37.3 Å². The van der Waals surface area contributed by atoms with Gasteiger partial charge in [0.15, 0.2) is 0 Å². The van der Waals surface area contributed by atoms with E-state index >= 15 is 0 Å². The van der Waals surface area contributed by atoms with E-state index in [0.717, 1.165) is 38.9 Å². The molecule has 0 bridgehead atoms. The molecule has 104 valence electrons. The second-order valence-corrected chi connectivity index (χ2v) is 5.42. The van der Waals surface area contributed by atoms with Crippen LogP contribution in [-0.2, 0) is 4.79 Å². The van der Waals surface area contributed by atoms with Crippen molar-refractivity contribution < 1.29 is 4.79 Å². The summed E-state index contributed by atoms with van der Waals surface area (Å²) in [5.41, 5.74) is 1.39. The third-order valence-electron chi connectivity index (χ3n) is 3.67. The van der Waals surface area contributed by atoms with Crippen LogP contribution in [0.1, 0.15) is 37.7 Å². The van der Waals surface area contributed by atoms with Crippen LogP contribution >= 0.6 is 0 Å². The third kappa shape index (κ3) is 5.03. The van der Waals surface area contributed by atoms with E-state index in [-0.39, 0.29) is 5.91 Å². The maximum absolute atomic E-state index is 11.4. The first-order valence-electron chi connectivity index (χ1n) is 7.30. The van der Waals surface area contributed by atoms with Crippen molar-refractivity contribution in [1.82, 2.24) is 10.6 Å². The molecule has 2 rings (SSSR count). The van der Waals surface area contributed by atoms with E-state index in [1.165, 1.54) is 5.56 Å². The Morgan fingerprint density at radius 2 is 1.95 bits per heavy atom. The average Bonchev–Trinajstić information content (AvgIpc) is 3.27. The summed E-state index contributed by atoms with van der Waals surface area (Å²) >= 11 is 0. The van der Waals surface area contributed by atoms with Crippen LogP contribution < -0.4 is 10.6 Å². The molecule has 3 heteroatoms. The molecule has 1 aromatic carbocycles. The molecule has 1 aliphatic rings. The predicted octanol–water partition coefficient (Wildman–Crippen LogP) is 2.30. The molecule has 3 nitrogen and oxygen atoms in total. The number of nitrogens with one attached hydrogen (secondary N) is 2. The minimum atomic E-state index is 0.236. The van der Waals surface area contributed by atoms with Crippen LogP contribution in [0.25, 0.3) is 0 Å². The molecule has 0 heterocycles. The van der Waals surface area contributed by atoms with Crippen LogP contribution in [0.3, 0.4) is 0 Å². The Labute approximate surface area is 115 Å².